The molecule has 0 N–H and O–H groups in total. The highest BCUT2D eigenvalue weighted by Gasteiger charge is 2.08. The molecule has 0 aliphatic rings. The first-order valence-electron chi connectivity index (χ1n) is 9.16. The van der Waals surface area contributed by atoms with Gasteiger partial charge in [-0.1, -0.05) is 31.2 Å². The van der Waals surface area contributed by atoms with E-state index in [9.17, 15) is 13.2 Å². The van der Waals surface area contributed by atoms with Gasteiger partial charge in [0.2, 0.25) is 0 Å². The number of ether oxygens (including phenoxy) is 2. The Hall–Kier alpha value is -2.38. The lowest BCUT2D eigenvalue weighted by Gasteiger charge is -2.12. The highest BCUT2D eigenvalue weighted by Crippen LogP contribution is 2.16. The molecular formula is C21H26O6S. The van der Waals surface area contributed by atoms with Crippen LogP contribution in [-0.2, 0) is 32.5 Å². The molecular weight excluding hydrogens is 380 g/mol. The summed E-state index contributed by atoms with van der Waals surface area (Å²) < 4.78 is 38.2. The van der Waals surface area contributed by atoms with Crippen LogP contribution in [0.3, 0.4) is 0 Å². The summed E-state index contributed by atoms with van der Waals surface area (Å²) in [5.74, 6) is 1.04. The Bertz CT molecular complexity index is 828. The number of benzene rings is 2. The third-order valence-electron chi connectivity index (χ3n) is 3.88. The van der Waals surface area contributed by atoms with Crippen LogP contribution >= 0.6 is 0 Å². The van der Waals surface area contributed by atoms with Crippen molar-refractivity contribution < 1.29 is 26.9 Å². The normalized spacial score (nSPS) is 12.4. The average molecular weight is 407 g/mol. The van der Waals surface area contributed by atoms with E-state index >= 15 is 0 Å². The van der Waals surface area contributed by atoms with Gasteiger partial charge < -0.3 is 18.5 Å². The summed E-state index contributed by atoms with van der Waals surface area (Å²) in [6.07, 6.45) is 3.54. The molecule has 152 valence electrons. The number of rotatable bonds is 12. The van der Waals surface area contributed by atoms with Gasteiger partial charge in [-0.25, -0.2) is 0 Å². The predicted molar refractivity (Wildman–Crippen MR) is 107 cm³/mol. The van der Waals surface area contributed by atoms with Gasteiger partial charge in [0.25, 0.3) is 0 Å². The van der Waals surface area contributed by atoms with Gasteiger partial charge >= 0.3 is 10.1 Å². The second kappa shape index (κ2) is 10.8. The molecule has 6 nitrogen and oxygen atoms in total. The molecule has 0 unspecified atom stereocenters. The standard InChI is InChI=1S/C21H26O6S/c1-3-13-25-21(16-22)15-18-6-8-19(9-7-18)26-14-12-17-4-10-20(11-5-17)27-28(2,23)24/h4-11,16,21H,3,12-15H2,1-2H3/t21-/m0/s1. The van der Waals surface area contributed by atoms with E-state index < -0.39 is 16.2 Å². The summed E-state index contributed by atoms with van der Waals surface area (Å²) >= 11 is 0. The Kier molecular flexibility index (Phi) is 8.47. The number of hydrogen-bond donors (Lipinski definition) is 0. The number of carbonyl (C=O) groups excluding carboxylic acids is 1. The maximum atomic E-state index is 11.1. The second-order valence-corrected chi connectivity index (χ2v) is 8.00. The quantitative estimate of drug-likeness (QED) is 0.398. The number of aldehydes is 1. The van der Waals surface area contributed by atoms with E-state index in [0.29, 0.717) is 31.8 Å². The Morgan fingerprint density at radius 2 is 1.54 bits per heavy atom. The Morgan fingerprint density at radius 1 is 0.929 bits per heavy atom. The van der Waals surface area contributed by atoms with Crippen LogP contribution in [0.25, 0.3) is 0 Å². The van der Waals surface area contributed by atoms with Crippen molar-refractivity contribution in [2.24, 2.45) is 0 Å². The molecule has 0 saturated heterocycles. The van der Waals surface area contributed by atoms with Gasteiger partial charge in [-0.3, -0.25) is 0 Å². The third-order valence-corrected chi connectivity index (χ3v) is 4.37. The van der Waals surface area contributed by atoms with Crippen LogP contribution in [0.2, 0.25) is 0 Å². The minimum Gasteiger partial charge on any atom is -0.493 e. The van der Waals surface area contributed by atoms with E-state index in [1.54, 1.807) is 12.1 Å². The van der Waals surface area contributed by atoms with Crippen molar-refractivity contribution in [3.8, 4) is 11.5 Å². The van der Waals surface area contributed by atoms with E-state index in [1.165, 1.54) is 0 Å². The van der Waals surface area contributed by atoms with Gasteiger partial charge in [0.05, 0.1) is 12.9 Å². The maximum absolute atomic E-state index is 11.1. The van der Waals surface area contributed by atoms with Gasteiger partial charge in [-0.15, -0.1) is 0 Å². The molecule has 0 heterocycles. The smallest absolute Gasteiger partial charge is 0.306 e. The largest absolute Gasteiger partial charge is 0.493 e. The summed E-state index contributed by atoms with van der Waals surface area (Å²) in [5.41, 5.74) is 2.03. The van der Waals surface area contributed by atoms with Crippen LogP contribution < -0.4 is 8.92 Å². The van der Waals surface area contributed by atoms with E-state index in [0.717, 1.165) is 35.8 Å². The zero-order chi connectivity index (χ0) is 20.4. The second-order valence-electron chi connectivity index (χ2n) is 6.42. The minimum absolute atomic E-state index is 0.291. The molecule has 0 aliphatic carbocycles. The topological polar surface area (TPSA) is 78.9 Å². The summed E-state index contributed by atoms with van der Waals surface area (Å²) in [4.78, 5) is 11.1. The van der Waals surface area contributed by atoms with Crippen molar-refractivity contribution in [3.05, 3.63) is 59.7 Å². The molecule has 7 heteroatoms. The van der Waals surface area contributed by atoms with Gasteiger partial charge in [-0.05, 0) is 41.8 Å². The lowest BCUT2D eigenvalue weighted by atomic mass is 10.1. The molecule has 28 heavy (non-hydrogen) atoms. The molecule has 0 spiro atoms. The zero-order valence-electron chi connectivity index (χ0n) is 16.2. The summed E-state index contributed by atoms with van der Waals surface area (Å²) in [7, 11) is -3.51. The Morgan fingerprint density at radius 3 is 2.11 bits per heavy atom. The van der Waals surface area contributed by atoms with Crippen LogP contribution in [0.4, 0.5) is 0 Å². The van der Waals surface area contributed by atoms with Crippen LogP contribution in [-0.4, -0.2) is 40.3 Å². The molecule has 0 saturated carbocycles. The lowest BCUT2D eigenvalue weighted by molar-refractivity contribution is -0.118. The first-order chi connectivity index (χ1) is 13.4. The van der Waals surface area contributed by atoms with Crippen LogP contribution in [0.15, 0.2) is 48.5 Å². The van der Waals surface area contributed by atoms with Crippen LogP contribution in [0.5, 0.6) is 11.5 Å². The summed E-state index contributed by atoms with van der Waals surface area (Å²) in [6.45, 7) is 3.07. The van der Waals surface area contributed by atoms with Gasteiger partial charge in [0, 0.05) is 19.4 Å². The summed E-state index contributed by atoms with van der Waals surface area (Å²) in [5, 5.41) is 0. The molecule has 0 aliphatic heterocycles. The summed E-state index contributed by atoms with van der Waals surface area (Å²) in [6, 6.07) is 14.5. The monoisotopic (exact) mass is 406 g/mol. The van der Waals surface area contributed by atoms with Crippen LogP contribution in [0, 0.1) is 0 Å². The minimum atomic E-state index is -3.51. The SMILES string of the molecule is CCCO[C@H](C=O)Cc1ccc(OCCc2ccc(OS(C)(=O)=O)cc2)cc1. The average Bonchev–Trinajstić information content (AvgIpc) is 2.66. The molecule has 0 bridgehead atoms. The van der Waals surface area contributed by atoms with Crippen molar-refractivity contribution in [2.75, 3.05) is 19.5 Å². The Balaban J connectivity index is 1.79. The molecule has 0 fully saturated rings. The van der Waals surface area contributed by atoms with Gasteiger partial charge in [-0.2, -0.15) is 8.42 Å². The first kappa shape index (κ1) is 21.9. The van der Waals surface area contributed by atoms with Gasteiger partial charge in [0.1, 0.15) is 23.9 Å². The Labute approximate surface area is 166 Å². The molecule has 0 radical (unpaired) electrons. The van der Waals surface area contributed by atoms with Crippen molar-refractivity contribution in [2.45, 2.75) is 32.3 Å². The maximum Gasteiger partial charge on any atom is 0.306 e. The number of carbonyl (C=O) groups is 1. The molecule has 0 amide bonds. The molecule has 2 rings (SSSR count). The van der Waals surface area contributed by atoms with Crippen molar-refractivity contribution >= 4 is 16.4 Å². The van der Waals surface area contributed by atoms with E-state index in [2.05, 4.69) is 0 Å². The molecule has 0 aromatic heterocycles. The zero-order valence-corrected chi connectivity index (χ0v) is 17.0. The van der Waals surface area contributed by atoms with E-state index in [-0.39, 0.29) is 0 Å². The fourth-order valence-corrected chi connectivity index (χ4v) is 3.00. The van der Waals surface area contributed by atoms with E-state index in [4.69, 9.17) is 13.7 Å². The molecule has 2 aromatic carbocycles. The fraction of sp³-hybridized carbons (Fsp3) is 0.381. The van der Waals surface area contributed by atoms with Crippen molar-refractivity contribution in [1.29, 1.82) is 0 Å². The fourth-order valence-electron chi connectivity index (χ4n) is 2.54. The highest BCUT2D eigenvalue weighted by molar-refractivity contribution is 7.86. The van der Waals surface area contributed by atoms with E-state index in [1.807, 2.05) is 43.3 Å². The number of hydrogen-bond acceptors (Lipinski definition) is 6. The van der Waals surface area contributed by atoms with Crippen molar-refractivity contribution in [1.82, 2.24) is 0 Å². The first-order valence-corrected chi connectivity index (χ1v) is 11.0. The van der Waals surface area contributed by atoms with Crippen molar-refractivity contribution in [3.63, 3.8) is 0 Å². The molecule has 1 atom stereocenters. The lowest BCUT2D eigenvalue weighted by Crippen LogP contribution is -2.18. The van der Waals surface area contributed by atoms with Crippen LogP contribution in [0.1, 0.15) is 24.5 Å². The molecule has 2 aromatic rings. The predicted octanol–water partition coefficient (Wildman–Crippen LogP) is 3.18. The van der Waals surface area contributed by atoms with Gasteiger partial charge in [0.15, 0.2) is 0 Å². The third kappa shape index (κ3) is 8.10. The highest BCUT2D eigenvalue weighted by atomic mass is 32.2.